The molecule has 0 aromatic carbocycles. The zero-order valence-electron chi connectivity index (χ0n) is 11.7. The molecule has 3 rings (SSSR count). The standard InChI is InChI=1S/C15H18N2O2S/c1-9-12(10(2)19-17-9)8-15(18)16-13-4-3-5-14-11(13)6-7-20-14/h6-7,13H,3-5,8H2,1-2H3,(H,16,18). The second-order valence-electron chi connectivity index (χ2n) is 5.29. The summed E-state index contributed by atoms with van der Waals surface area (Å²) in [5.74, 6) is 0.779. The van der Waals surface area contributed by atoms with Gasteiger partial charge in [-0.25, -0.2) is 0 Å². The highest BCUT2D eigenvalue weighted by Gasteiger charge is 2.23. The summed E-state index contributed by atoms with van der Waals surface area (Å²) >= 11 is 1.79. The van der Waals surface area contributed by atoms with Crippen LogP contribution < -0.4 is 5.32 Å². The summed E-state index contributed by atoms with van der Waals surface area (Å²) in [5.41, 5.74) is 3.01. The van der Waals surface area contributed by atoms with Crippen molar-refractivity contribution in [3.05, 3.63) is 38.9 Å². The minimum atomic E-state index is 0.0449. The first-order valence-corrected chi connectivity index (χ1v) is 7.80. The van der Waals surface area contributed by atoms with Gasteiger partial charge in [-0.05, 0) is 50.1 Å². The van der Waals surface area contributed by atoms with Crippen molar-refractivity contribution in [2.24, 2.45) is 0 Å². The van der Waals surface area contributed by atoms with Crippen LogP contribution in [0.3, 0.4) is 0 Å². The van der Waals surface area contributed by atoms with E-state index in [4.69, 9.17) is 4.52 Å². The van der Waals surface area contributed by atoms with Crippen molar-refractivity contribution in [3.8, 4) is 0 Å². The Hall–Kier alpha value is -1.62. The highest BCUT2D eigenvalue weighted by molar-refractivity contribution is 7.10. The van der Waals surface area contributed by atoms with E-state index in [2.05, 4.69) is 21.9 Å². The van der Waals surface area contributed by atoms with Gasteiger partial charge in [-0.2, -0.15) is 0 Å². The summed E-state index contributed by atoms with van der Waals surface area (Å²) in [6.45, 7) is 3.72. The lowest BCUT2D eigenvalue weighted by Crippen LogP contribution is -2.31. The Labute approximate surface area is 122 Å². The van der Waals surface area contributed by atoms with Gasteiger partial charge in [0.15, 0.2) is 0 Å². The van der Waals surface area contributed by atoms with E-state index in [1.165, 1.54) is 10.4 Å². The van der Waals surface area contributed by atoms with Gasteiger partial charge in [0, 0.05) is 10.4 Å². The molecule has 2 heterocycles. The first-order valence-electron chi connectivity index (χ1n) is 6.92. The van der Waals surface area contributed by atoms with Crippen molar-refractivity contribution in [3.63, 3.8) is 0 Å². The first kappa shape index (κ1) is 13.4. The molecule has 5 heteroatoms. The summed E-state index contributed by atoms with van der Waals surface area (Å²) in [6.07, 6.45) is 3.65. The Morgan fingerprint density at radius 2 is 2.40 bits per heavy atom. The van der Waals surface area contributed by atoms with E-state index < -0.39 is 0 Å². The van der Waals surface area contributed by atoms with Crippen LogP contribution >= 0.6 is 11.3 Å². The highest BCUT2D eigenvalue weighted by Crippen LogP contribution is 2.33. The van der Waals surface area contributed by atoms with E-state index in [1.807, 2.05) is 13.8 Å². The van der Waals surface area contributed by atoms with Crippen LogP contribution in [-0.4, -0.2) is 11.1 Å². The molecule has 0 radical (unpaired) electrons. The lowest BCUT2D eigenvalue weighted by atomic mass is 9.94. The second kappa shape index (κ2) is 5.40. The third kappa shape index (κ3) is 2.50. The smallest absolute Gasteiger partial charge is 0.225 e. The fourth-order valence-corrected chi connectivity index (χ4v) is 3.78. The summed E-state index contributed by atoms with van der Waals surface area (Å²) < 4.78 is 5.10. The minimum absolute atomic E-state index is 0.0449. The Bertz CT molecular complexity index is 610. The molecule has 1 aliphatic rings. The Morgan fingerprint density at radius 1 is 1.55 bits per heavy atom. The Morgan fingerprint density at radius 3 is 3.15 bits per heavy atom. The lowest BCUT2D eigenvalue weighted by molar-refractivity contribution is -0.121. The van der Waals surface area contributed by atoms with Crippen LogP contribution in [0.4, 0.5) is 0 Å². The molecular weight excluding hydrogens is 272 g/mol. The van der Waals surface area contributed by atoms with Crippen LogP contribution in [-0.2, 0) is 17.6 Å². The third-order valence-electron chi connectivity index (χ3n) is 3.91. The number of nitrogens with one attached hydrogen (secondary N) is 1. The van der Waals surface area contributed by atoms with Crippen LogP contribution in [0.2, 0.25) is 0 Å². The van der Waals surface area contributed by atoms with Gasteiger partial charge < -0.3 is 9.84 Å². The minimum Gasteiger partial charge on any atom is -0.361 e. The molecule has 0 saturated heterocycles. The van der Waals surface area contributed by atoms with Gasteiger partial charge in [-0.3, -0.25) is 4.79 Å². The number of aryl methyl sites for hydroxylation is 3. The molecule has 0 spiro atoms. The van der Waals surface area contributed by atoms with Gasteiger partial charge in [0.2, 0.25) is 5.91 Å². The van der Waals surface area contributed by atoms with E-state index in [-0.39, 0.29) is 11.9 Å². The zero-order chi connectivity index (χ0) is 14.1. The Kier molecular flexibility index (Phi) is 3.61. The molecule has 0 aliphatic heterocycles. The van der Waals surface area contributed by atoms with Crippen molar-refractivity contribution in [2.45, 2.75) is 45.6 Å². The molecule has 2 aromatic rings. The van der Waals surface area contributed by atoms with E-state index in [0.717, 1.165) is 36.3 Å². The molecule has 1 aliphatic carbocycles. The molecule has 20 heavy (non-hydrogen) atoms. The molecule has 0 fully saturated rings. The molecular formula is C15H18N2O2S. The van der Waals surface area contributed by atoms with Gasteiger partial charge in [0.05, 0.1) is 18.2 Å². The van der Waals surface area contributed by atoms with Crippen LogP contribution in [0.5, 0.6) is 0 Å². The van der Waals surface area contributed by atoms with E-state index in [9.17, 15) is 4.79 Å². The average molecular weight is 290 g/mol. The van der Waals surface area contributed by atoms with Gasteiger partial charge >= 0.3 is 0 Å². The SMILES string of the molecule is Cc1noc(C)c1CC(=O)NC1CCCc2sccc21. The molecule has 0 bridgehead atoms. The van der Waals surface area contributed by atoms with Crippen LogP contribution in [0.1, 0.15) is 46.3 Å². The largest absolute Gasteiger partial charge is 0.361 e. The maximum atomic E-state index is 12.2. The summed E-state index contributed by atoms with van der Waals surface area (Å²) in [5, 5.41) is 9.16. The van der Waals surface area contributed by atoms with Crippen molar-refractivity contribution in [2.75, 3.05) is 0 Å². The number of aromatic nitrogens is 1. The number of rotatable bonds is 3. The zero-order valence-corrected chi connectivity index (χ0v) is 12.5. The highest BCUT2D eigenvalue weighted by atomic mass is 32.1. The lowest BCUT2D eigenvalue weighted by Gasteiger charge is -2.23. The van der Waals surface area contributed by atoms with Gasteiger partial charge in [-0.15, -0.1) is 11.3 Å². The predicted octanol–water partition coefficient (Wildman–Crippen LogP) is 3.09. The summed E-state index contributed by atoms with van der Waals surface area (Å²) in [7, 11) is 0. The fourth-order valence-electron chi connectivity index (χ4n) is 2.80. The number of carbonyl (C=O) groups is 1. The molecule has 1 amide bonds. The van der Waals surface area contributed by atoms with Crippen molar-refractivity contribution in [1.29, 1.82) is 0 Å². The molecule has 4 nitrogen and oxygen atoms in total. The van der Waals surface area contributed by atoms with Gasteiger partial charge in [-0.1, -0.05) is 5.16 Å². The summed E-state index contributed by atoms with van der Waals surface area (Å²) in [6, 6.07) is 2.30. The monoisotopic (exact) mass is 290 g/mol. The van der Waals surface area contributed by atoms with Gasteiger partial charge in [0.25, 0.3) is 0 Å². The number of hydrogen-bond acceptors (Lipinski definition) is 4. The summed E-state index contributed by atoms with van der Waals surface area (Å²) in [4.78, 5) is 13.7. The molecule has 106 valence electrons. The number of amides is 1. The fraction of sp³-hybridized carbons (Fsp3) is 0.467. The van der Waals surface area contributed by atoms with Crippen LogP contribution in [0, 0.1) is 13.8 Å². The molecule has 0 saturated carbocycles. The van der Waals surface area contributed by atoms with Crippen LogP contribution in [0.15, 0.2) is 16.0 Å². The normalized spacial score (nSPS) is 17.8. The van der Waals surface area contributed by atoms with Crippen molar-refractivity contribution in [1.82, 2.24) is 10.5 Å². The molecule has 1 unspecified atom stereocenters. The number of hydrogen-bond donors (Lipinski definition) is 1. The second-order valence-corrected chi connectivity index (χ2v) is 6.29. The number of nitrogens with zero attached hydrogens (tertiary/aromatic N) is 1. The molecule has 1 N–H and O–H groups in total. The maximum Gasteiger partial charge on any atom is 0.225 e. The number of carbonyl (C=O) groups excluding carboxylic acids is 1. The van der Waals surface area contributed by atoms with E-state index >= 15 is 0 Å². The van der Waals surface area contributed by atoms with Gasteiger partial charge in [0.1, 0.15) is 5.76 Å². The average Bonchev–Trinajstić information content (AvgIpc) is 3.01. The first-order chi connectivity index (χ1) is 9.65. The van der Waals surface area contributed by atoms with Crippen LogP contribution in [0.25, 0.3) is 0 Å². The molecule has 1 atom stereocenters. The maximum absolute atomic E-state index is 12.2. The van der Waals surface area contributed by atoms with Crippen molar-refractivity contribution >= 4 is 17.2 Å². The van der Waals surface area contributed by atoms with E-state index in [0.29, 0.717) is 6.42 Å². The Balaban J connectivity index is 1.69. The van der Waals surface area contributed by atoms with Crippen molar-refractivity contribution < 1.29 is 9.32 Å². The topological polar surface area (TPSA) is 55.1 Å². The number of fused-ring (bicyclic) bond motifs is 1. The predicted molar refractivity (Wildman–Crippen MR) is 77.8 cm³/mol. The third-order valence-corrected chi connectivity index (χ3v) is 4.90. The van der Waals surface area contributed by atoms with E-state index in [1.54, 1.807) is 11.3 Å². The molecule has 2 aromatic heterocycles. The quantitative estimate of drug-likeness (QED) is 0.945. The number of thiophene rings is 1.